The molecule has 0 saturated heterocycles. The highest BCUT2D eigenvalue weighted by molar-refractivity contribution is 5.94. The molecule has 0 aromatic heterocycles. The second kappa shape index (κ2) is 4.96. The molecule has 4 N–H and O–H groups in total. The summed E-state index contributed by atoms with van der Waals surface area (Å²) in [6.45, 7) is 0.955. The molecule has 88 valence electrons. The van der Waals surface area contributed by atoms with Gasteiger partial charge in [-0.3, -0.25) is 4.79 Å². The van der Waals surface area contributed by atoms with Crippen LogP contribution in [0.25, 0.3) is 0 Å². The van der Waals surface area contributed by atoms with Crippen LogP contribution >= 0.6 is 0 Å². The SMILES string of the molecule is CC(O)(CO)CNC(=O)c1ccc(O)cc1. The van der Waals surface area contributed by atoms with Gasteiger partial charge in [-0.15, -0.1) is 0 Å². The number of rotatable bonds is 4. The van der Waals surface area contributed by atoms with Gasteiger partial charge in [0.15, 0.2) is 0 Å². The van der Waals surface area contributed by atoms with Gasteiger partial charge in [0.25, 0.3) is 5.91 Å². The molecule has 0 aliphatic rings. The highest BCUT2D eigenvalue weighted by Gasteiger charge is 2.19. The van der Waals surface area contributed by atoms with Gasteiger partial charge in [-0.05, 0) is 31.2 Å². The zero-order valence-electron chi connectivity index (χ0n) is 8.97. The van der Waals surface area contributed by atoms with Gasteiger partial charge in [-0.25, -0.2) is 0 Å². The molecule has 0 radical (unpaired) electrons. The van der Waals surface area contributed by atoms with E-state index in [4.69, 9.17) is 10.2 Å². The van der Waals surface area contributed by atoms with Crippen molar-refractivity contribution in [3.8, 4) is 5.75 Å². The van der Waals surface area contributed by atoms with Crippen LogP contribution in [0.5, 0.6) is 5.75 Å². The summed E-state index contributed by atoms with van der Waals surface area (Å²) in [6, 6.07) is 5.74. The molecular weight excluding hydrogens is 210 g/mol. The number of nitrogens with one attached hydrogen (secondary N) is 1. The minimum Gasteiger partial charge on any atom is -0.508 e. The largest absolute Gasteiger partial charge is 0.508 e. The van der Waals surface area contributed by atoms with Gasteiger partial charge in [0.05, 0.1) is 6.61 Å². The highest BCUT2D eigenvalue weighted by atomic mass is 16.3. The topological polar surface area (TPSA) is 89.8 Å². The van der Waals surface area contributed by atoms with E-state index in [1.165, 1.54) is 31.2 Å². The summed E-state index contributed by atoms with van der Waals surface area (Å²) in [5.41, 5.74) is -0.946. The molecule has 5 heteroatoms. The van der Waals surface area contributed by atoms with Crippen LogP contribution in [0.15, 0.2) is 24.3 Å². The Hall–Kier alpha value is -1.59. The van der Waals surface area contributed by atoms with Gasteiger partial charge < -0.3 is 20.6 Å². The Morgan fingerprint density at radius 2 is 1.94 bits per heavy atom. The number of hydrogen-bond acceptors (Lipinski definition) is 4. The Labute approximate surface area is 93.4 Å². The van der Waals surface area contributed by atoms with Crippen LogP contribution < -0.4 is 5.32 Å². The number of aliphatic hydroxyl groups excluding tert-OH is 1. The summed E-state index contributed by atoms with van der Waals surface area (Å²) in [4.78, 5) is 11.5. The van der Waals surface area contributed by atoms with Crippen molar-refractivity contribution in [2.75, 3.05) is 13.2 Å². The first-order chi connectivity index (χ1) is 7.44. The monoisotopic (exact) mass is 225 g/mol. The van der Waals surface area contributed by atoms with Crippen LogP contribution in [0.2, 0.25) is 0 Å². The van der Waals surface area contributed by atoms with Crippen molar-refractivity contribution in [3.63, 3.8) is 0 Å². The third-order valence-corrected chi connectivity index (χ3v) is 2.10. The van der Waals surface area contributed by atoms with Crippen molar-refractivity contribution in [2.24, 2.45) is 0 Å². The molecule has 1 amide bonds. The average Bonchev–Trinajstić information content (AvgIpc) is 2.27. The zero-order valence-corrected chi connectivity index (χ0v) is 8.97. The summed E-state index contributed by atoms with van der Waals surface area (Å²) < 4.78 is 0. The van der Waals surface area contributed by atoms with Crippen LogP contribution in [-0.4, -0.2) is 40.0 Å². The molecule has 1 aromatic carbocycles. The maximum Gasteiger partial charge on any atom is 0.251 e. The van der Waals surface area contributed by atoms with Crippen molar-refractivity contribution < 1.29 is 20.1 Å². The van der Waals surface area contributed by atoms with Gasteiger partial charge in [-0.2, -0.15) is 0 Å². The number of carbonyl (C=O) groups excluding carboxylic acids is 1. The molecule has 1 aromatic rings. The predicted octanol–water partition coefficient (Wildman–Crippen LogP) is -0.135. The number of aromatic hydroxyl groups is 1. The maximum absolute atomic E-state index is 11.5. The molecule has 0 bridgehead atoms. The van der Waals surface area contributed by atoms with Crippen molar-refractivity contribution >= 4 is 5.91 Å². The molecule has 0 fully saturated rings. The highest BCUT2D eigenvalue weighted by Crippen LogP contribution is 2.09. The first-order valence-electron chi connectivity index (χ1n) is 4.85. The Bertz CT molecular complexity index is 359. The Morgan fingerprint density at radius 1 is 1.38 bits per heavy atom. The number of benzene rings is 1. The summed E-state index contributed by atoms with van der Waals surface area (Å²) >= 11 is 0. The number of amides is 1. The second-order valence-electron chi connectivity index (χ2n) is 3.88. The molecule has 0 aliphatic heterocycles. The quantitative estimate of drug-likeness (QED) is 0.574. The molecule has 0 heterocycles. The van der Waals surface area contributed by atoms with E-state index in [1.807, 2.05) is 0 Å². The van der Waals surface area contributed by atoms with E-state index < -0.39 is 12.2 Å². The third kappa shape index (κ3) is 3.52. The summed E-state index contributed by atoms with van der Waals surface area (Å²) in [7, 11) is 0. The molecule has 1 atom stereocenters. The van der Waals surface area contributed by atoms with E-state index in [1.54, 1.807) is 0 Å². The molecule has 5 nitrogen and oxygen atoms in total. The lowest BCUT2D eigenvalue weighted by Gasteiger charge is -2.20. The lowest BCUT2D eigenvalue weighted by molar-refractivity contribution is 0.00320. The van der Waals surface area contributed by atoms with E-state index in [-0.39, 0.29) is 18.2 Å². The lowest BCUT2D eigenvalue weighted by atomic mass is 10.1. The van der Waals surface area contributed by atoms with Gasteiger partial charge in [0.2, 0.25) is 0 Å². The molecule has 0 spiro atoms. The normalized spacial score (nSPS) is 14.2. The minimum atomic E-state index is -1.33. The van der Waals surface area contributed by atoms with E-state index in [2.05, 4.69) is 5.32 Å². The van der Waals surface area contributed by atoms with Crippen molar-refractivity contribution in [2.45, 2.75) is 12.5 Å². The fraction of sp³-hybridized carbons (Fsp3) is 0.364. The van der Waals surface area contributed by atoms with Gasteiger partial charge in [0, 0.05) is 12.1 Å². The molecule has 1 unspecified atom stereocenters. The van der Waals surface area contributed by atoms with Crippen LogP contribution in [0, 0.1) is 0 Å². The molecule has 0 aliphatic carbocycles. The standard InChI is InChI=1S/C11H15NO4/c1-11(16,7-13)6-12-10(15)8-2-4-9(14)5-3-8/h2-5,13-14,16H,6-7H2,1H3,(H,12,15). The third-order valence-electron chi connectivity index (χ3n) is 2.10. The molecule has 0 saturated carbocycles. The number of hydrogen-bond donors (Lipinski definition) is 4. The maximum atomic E-state index is 11.5. The van der Waals surface area contributed by atoms with Crippen LogP contribution in [0.3, 0.4) is 0 Å². The van der Waals surface area contributed by atoms with Crippen molar-refractivity contribution in [1.82, 2.24) is 5.32 Å². The van der Waals surface area contributed by atoms with E-state index in [0.717, 1.165) is 0 Å². The van der Waals surface area contributed by atoms with Crippen LogP contribution in [0.1, 0.15) is 17.3 Å². The summed E-state index contributed by atoms with van der Waals surface area (Å²) in [6.07, 6.45) is 0. The zero-order chi connectivity index (χ0) is 12.2. The lowest BCUT2D eigenvalue weighted by Crippen LogP contribution is -2.43. The first-order valence-corrected chi connectivity index (χ1v) is 4.85. The fourth-order valence-electron chi connectivity index (χ4n) is 1.04. The molecule has 1 rings (SSSR count). The van der Waals surface area contributed by atoms with E-state index in [9.17, 15) is 9.90 Å². The predicted molar refractivity (Wildman–Crippen MR) is 58.1 cm³/mol. The Morgan fingerprint density at radius 3 is 2.44 bits per heavy atom. The van der Waals surface area contributed by atoms with Crippen LogP contribution in [-0.2, 0) is 0 Å². The minimum absolute atomic E-state index is 0.0385. The smallest absolute Gasteiger partial charge is 0.251 e. The van der Waals surface area contributed by atoms with E-state index in [0.29, 0.717) is 5.56 Å². The number of aliphatic hydroxyl groups is 2. The molecular formula is C11H15NO4. The number of phenolic OH excluding ortho intramolecular Hbond substituents is 1. The van der Waals surface area contributed by atoms with Crippen LogP contribution in [0.4, 0.5) is 0 Å². The second-order valence-corrected chi connectivity index (χ2v) is 3.88. The van der Waals surface area contributed by atoms with Gasteiger partial charge >= 0.3 is 0 Å². The Kier molecular flexibility index (Phi) is 3.87. The van der Waals surface area contributed by atoms with Gasteiger partial charge in [-0.1, -0.05) is 0 Å². The molecule has 16 heavy (non-hydrogen) atoms. The number of carbonyl (C=O) groups is 1. The average molecular weight is 225 g/mol. The fourth-order valence-corrected chi connectivity index (χ4v) is 1.04. The summed E-state index contributed by atoms with van der Waals surface area (Å²) in [5.74, 6) is -0.285. The first kappa shape index (κ1) is 12.5. The summed E-state index contributed by atoms with van der Waals surface area (Å²) in [5, 5.41) is 29.7. The van der Waals surface area contributed by atoms with Gasteiger partial charge in [0.1, 0.15) is 11.4 Å². The Balaban J connectivity index is 2.56. The van der Waals surface area contributed by atoms with Crippen molar-refractivity contribution in [3.05, 3.63) is 29.8 Å². The van der Waals surface area contributed by atoms with Crippen molar-refractivity contribution in [1.29, 1.82) is 0 Å². The van der Waals surface area contributed by atoms with E-state index >= 15 is 0 Å². The number of phenols is 1.